The monoisotopic (exact) mass is 299 g/mol. The minimum absolute atomic E-state index is 0.160. The Morgan fingerprint density at radius 3 is 2.68 bits per heavy atom. The molecule has 0 radical (unpaired) electrons. The van der Waals surface area contributed by atoms with Gasteiger partial charge < -0.3 is 0 Å². The lowest BCUT2D eigenvalue weighted by molar-refractivity contribution is 0.264. The largest absolute Gasteiger partial charge is 0.246 e. The van der Waals surface area contributed by atoms with Crippen LogP contribution in [0.25, 0.3) is 0 Å². The third kappa shape index (κ3) is 3.95. The summed E-state index contributed by atoms with van der Waals surface area (Å²) in [5, 5.41) is 3.85. The first-order valence-electron chi connectivity index (χ1n) is 7.49. The van der Waals surface area contributed by atoms with Crippen LogP contribution in [-0.4, -0.2) is 10.4 Å². The van der Waals surface area contributed by atoms with Crippen LogP contribution in [0.3, 0.4) is 0 Å². The molecule has 0 aromatic carbocycles. The normalized spacial score (nSPS) is 28.6. The van der Waals surface area contributed by atoms with Gasteiger partial charge in [-0.05, 0) is 31.1 Å². The van der Waals surface area contributed by atoms with Gasteiger partial charge in [-0.3, -0.25) is 0 Å². The van der Waals surface area contributed by atoms with E-state index in [2.05, 4.69) is 33.1 Å². The second kappa shape index (κ2) is 6.13. The second-order valence-electron chi connectivity index (χ2n) is 6.94. The molecule has 1 saturated carbocycles. The molecule has 1 aliphatic carbocycles. The van der Waals surface area contributed by atoms with Crippen molar-refractivity contribution in [2.24, 2.45) is 11.8 Å². The number of nitrogens with zero attached hydrogens (tertiary/aromatic N) is 1. The topological polar surface area (TPSA) is 12.9 Å². The molecule has 1 heterocycles. The Morgan fingerprint density at radius 1 is 1.37 bits per heavy atom. The number of thiazole rings is 1. The van der Waals surface area contributed by atoms with Crippen molar-refractivity contribution in [2.45, 2.75) is 70.6 Å². The molecule has 1 aromatic heterocycles. The third-order valence-corrected chi connectivity index (χ3v) is 5.78. The maximum Gasteiger partial charge on any atom is 0.0931 e. The molecular weight excluding hydrogens is 274 g/mol. The van der Waals surface area contributed by atoms with Gasteiger partial charge in [0.15, 0.2) is 0 Å². The Kier molecular flexibility index (Phi) is 4.94. The lowest BCUT2D eigenvalue weighted by Crippen LogP contribution is -2.27. The zero-order valence-corrected chi connectivity index (χ0v) is 14.2. The SMILES string of the molecule is CCC1CCC(Cl)C(Cc2nc(C(C)(C)C)cs2)C1. The number of halogens is 1. The van der Waals surface area contributed by atoms with Crippen molar-refractivity contribution in [1.29, 1.82) is 0 Å². The number of alkyl halides is 1. The molecule has 0 amide bonds. The van der Waals surface area contributed by atoms with Crippen molar-refractivity contribution >= 4 is 22.9 Å². The van der Waals surface area contributed by atoms with E-state index in [0.29, 0.717) is 11.3 Å². The molecule has 1 aromatic rings. The molecule has 1 nitrogen and oxygen atoms in total. The van der Waals surface area contributed by atoms with E-state index >= 15 is 0 Å². The maximum absolute atomic E-state index is 6.53. The zero-order valence-electron chi connectivity index (χ0n) is 12.6. The maximum atomic E-state index is 6.53. The standard InChI is InChI=1S/C16H26ClNS/c1-5-11-6-7-13(17)12(8-11)9-15-18-14(10-19-15)16(2,3)4/h10-13H,5-9H2,1-4H3. The summed E-state index contributed by atoms with van der Waals surface area (Å²) in [5.41, 5.74) is 1.38. The lowest BCUT2D eigenvalue weighted by Gasteiger charge is -2.32. The summed E-state index contributed by atoms with van der Waals surface area (Å²) in [5.74, 6) is 1.50. The molecule has 19 heavy (non-hydrogen) atoms. The van der Waals surface area contributed by atoms with Crippen LogP contribution in [0.4, 0.5) is 0 Å². The number of aromatic nitrogens is 1. The van der Waals surface area contributed by atoms with Gasteiger partial charge in [0, 0.05) is 22.6 Å². The summed E-state index contributed by atoms with van der Waals surface area (Å²) in [7, 11) is 0. The van der Waals surface area contributed by atoms with Gasteiger partial charge >= 0.3 is 0 Å². The minimum atomic E-state index is 0.160. The molecule has 1 fully saturated rings. The van der Waals surface area contributed by atoms with Crippen LogP contribution in [0.15, 0.2) is 5.38 Å². The van der Waals surface area contributed by atoms with Crippen LogP contribution in [0.5, 0.6) is 0 Å². The molecule has 1 aliphatic rings. The summed E-state index contributed by atoms with van der Waals surface area (Å²) < 4.78 is 0. The molecule has 108 valence electrons. The van der Waals surface area contributed by atoms with Crippen molar-refractivity contribution in [3.8, 4) is 0 Å². The first-order valence-corrected chi connectivity index (χ1v) is 8.80. The fraction of sp³-hybridized carbons (Fsp3) is 0.812. The van der Waals surface area contributed by atoms with E-state index in [1.165, 1.54) is 36.4 Å². The molecule has 3 unspecified atom stereocenters. The van der Waals surface area contributed by atoms with Gasteiger partial charge in [-0.15, -0.1) is 22.9 Å². The van der Waals surface area contributed by atoms with E-state index < -0.39 is 0 Å². The van der Waals surface area contributed by atoms with Crippen molar-refractivity contribution in [2.75, 3.05) is 0 Å². The highest BCUT2D eigenvalue weighted by Gasteiger charge is 2.29. The molecular formula is C16H26ClNS. The Bertz CT molecular complexity index is 407. The van der Waals surface area contributed by atoms with Crippen LogP contribution in [0.2, 0.25) is 0 Å². The highest BCUT2D eigenvalue weighted by Crippen LogP contribution is 2.37. The Morgan fingerprint density at radius 2 is 2.11 bits per heavy atom. The molecule has 0 spiro atoms. The van der Waals surface area contributed by atoms with Crippen molar-refractivity contribution in [3.63, 3.8) is 0 Å². The molecule has 0 bridgehead atoms. The van der Waals surface area contributed by atoms with Crippen LogP contribution < -0.4 is 0 Å². The summed E-state index contributed by atoms with van der Waals surface area (Å²) in [6.07, 6.45) is 6.15. The zero-order chi connectivity index (χ0) is 14.0. The second-order valence-corrected chi connectivity index (χ2v) is 8.45. The smallest absolute Gasteiger partial charge is 0.0931 e. The average molecular weight is 300 g/mol. The van der Waals surface area contributed by atoms with Crippen LogP contribution in [0, 0.1) is 11.8 Å². The molecule has 2 rings (SSSR count). The van der Waals surface area contributed by atoms with E-state index in [1.807, 2.05) is 11.3 Å². The van der Waals surface area contributed by atoms with Crippen LogP contribution in [-0.2, 0) is 11.8 Å². The highest BCUT2D eigenvalue weighted by atomic mass is 35.5. The van der Waals surface area contributed by atoms with Gasteiger partial charge in [-0.1, -0.05) is 34.1 Å². The van der Waals surface area contributed by atoms with E-state index in [4.69, 9.17) is 16.6 Å². The molecule has 3 atom stereocenters. The van der Waals surface area contributed by atoms with Gasteiger partial charge in [0.25, 0.3) is 0 Å². The fourth-order valence-corrected chi connectivity index (χ4v) is 4.31. The summed E-state index contributed by atoms with van der Waals surface area (Å²) in [6, 6.07) is 0. The van der Waals surface area contributed by atoms with Gasteiger partial charge in [0.05, 0.1) is 10.7 Å². The number of hydrogen-bond acceptors (Lipinski definition) is 2. The third-order valence-electron chi connectivity index (χ3n) is 4.33. The van der Waals surface area contributed by atoms with E-state index in [0.717, 1.165) is 12.3 Å². The van der Waals surface area contributed by atoms with Gasteiger partial charge in [-0.2, -0.15) is 0 Å². The quantitative estimate of drug-likeness (QED) is 0.679. The Hall–Kier alpha value is -0.0800. The number of rotatable bonds is 3. The summed E-state index contributed by atoms with van der Waals surface area (Å²) in [4.78, 5) is 4.82. The summed E-state index contributed by atoms with van der Waals surface area (Å²) in [6.45, 7) is 8.98. The first-order chi connectivity index (χ1) is 8.90. The fourth-order valence-electron chi connectivity index (χ4n) is 2.88. The Labute approximate surface area is 126 Å². The van der Waals surface area contributed by atoms with E-state index in [9.17, 15) is 0 Å². The van der Waals surface area contributed by atoms with Crippen LogP contribution in [0.1, 0.15) is 64.1 Å². The van der Waals surface area contributed by atoms with Gasteiger partial charge in [0.1, 0.15) is 0 Å². The minimum Gasteiger partial charge on any atom is -0.246 e. The predicted molar refractivity (Wildman–Crippen MR) is 85.3 cm³/mol. The van der Waals surface area contributed by atoms with Gasteiger partial charge in [-0.25, -0.2) is 4.98 Å². The number of hydrogen-bond donors (Lipinski definition) is 0. The lowest BCUT2D eigenvalue weighted by atomic mass is 9.78. The molecule has 0 saturated heterocycles. The summed E-state index contributed by atoms with van der Waals surface area (Å²) >= 11 is 8.34. The van der Waals surface area contributed by atoms with Crippen molar-refractivity contribution < 1.29 is 0 Å². The van der Waals surface area contributed by atoms with Crippen molar-refractivity contribution in [1.82, 2.24) is 4.98 Å². The predicted octanol–water partition coefficient (Wildman–Crippen LogP) is 5.42. The van der Waals surface area contributed by atoms with Crippen molar-refractivity contribution in [3.05, 3.63) is 16.1 Å². The van der Waals surface area contributed by atoms with E-state index in [-0.39, 0.29) is 5.41 Å². The highest BCUT2D eigenvalue weighted by molar-refractivity contribution is 7.09. The van der Waals surface area contributed by atoms with E-state index in [1.54, 1.807) is 0 Å². The molecule has 3 heteroatoms. The van der Waals surface area contributed by atoms with Gasteiger partial charge in [0.2, 0.25) is 0 Å². The molecule has 0 N–H and O–H groups in total. The molecule has 0 aliphatic heterocycles. The first kappa shape index (κ1) is 15.3. The van der Waals surface area contributed by atoms with Crippen LogP contribution >= 0.6 is 22.9 Å². The Balaban J connectivity index is 2.01. The average Bonchev–Trinajstić information content (AvgIpc) is 2.80.